The molecule has 0 spiro atoms. The summed E-state index contributed by atoms with van der Waals surface area (Å²) < 4.78 is 5.57. The average molecular weight is 273 g/mol. The van der Waals surface area contributed by atoms with Crippen molar-refractivity contribution in [3.8, 4) is 0 Å². The molecule has 1 N–H and O–H groups in total. The Morgan fingerprint density at radius 2 is 1.78 bits per heavy atom. The summed E-state index contributed by atoms with van der Waals surface area (Å²) in [5.74, 6) is 1.74. The molecular formula is C13H21ClN2O2. The van der Waals surface area contributed by atoms with Crippen LogP contribution in [-0.2, 0) is 9.53 Å². The van der Waals surface area contributed by atoms with Crippen LogP contribution in [0.5, 0.6) is 0 Å². The lowest BCUT2D eigenvalue weighted by Gasteiger charge is -2.27. The second-order valence-corrected chi connectivity index (χ2v) is 5.95. The Morgan fingerprint density at radius 3 is 2.33 bits per heavy atom. The molecule has 2 bridgehead atoms. The molecule has 0 aromatic carbocycles. The molecule has 4 rings (SSSR count). The lowest BCUT2D eigenvalue weighted by molar-refractivity contribution is -0.142. The van der Waals surface area contributed by atoms with E-state index in [1.807, 2.05) is 0 Å². The third-order valence-electron chi connectivity index (χ3n) is 5.23. The van der Waals surface area contributed by atoms with Crippen molar-refractivity contribution in [3.05, 3.63) is 0 Å². The van der Waals surface area contributed by atoms with Crippen molar-refractivity contribution < 1.29 is 9.53 Å². The summed E-state index contributed by atoms with van der Waals surface area (Å²) in [6.07, 6.45) is 4.29. The average Bonchev–Trinajstić information content (AvgIpc) is 3.11. The van der Waals surface area contributed by atoms with E-state index in [4.69, 9.17) is 4.74 Å². The van der Waals surface area contributed by atoms with Gasteiger partial charge in [0.25, 0.3) is 5.91 Å². The first-order chi connectivity index (χ1) is 8.36. The maximum absolute atomic E-state index is 12.5. The summed E-state index contributed by atoms with van der Waals surface area (Å²) in [7, 11) is 0. The third kappa shape index (κ3) is 1.62. The summed E-state index contributed by atoms with van der Waals surface area (Å²) in [6.45, 7) is 3.00. The first-order valence-electron chi connectivity index (χ1n) is 7.01. The minimum Gasteiger partial charge on any atom is -0.368 e. The number of nitrogens with zero attached hydrogens (tertiary/aromatic N) is 1. The highest BCUT2D eigenvalue weighted by atomic mass is 35.5. The first kappa shape index (κ1) is 12.7. The Labute approximate surface area is 114 Å². The molecule has 4 aliphatic heterocycles. The van der Waals surface area contributed by atoms with Gasteiger partial charge in [0.2, 0.25) is 0 Å². The fourth-order valence-electron chi connectivity index (χ4n) is 4.53. The van der Waals surface area contributed by atoms with Crippen molar-refractivity contribution in [2.24, 2.45) is 11.8 Å². The molecule has 102 valence electrons. The van der Waals surface area contributed by atoms with Crippen molar-refractivity contribution in [1.82, 2.24) is 10.2 Å². The predicted octanol–water partition coefficient (Wildman–Crippen LogP) is 0.796. The predicted molar refractivity (Wildman–Crippen MR) is 69.7 cm³/mol. The van der Waals surface area contributed by atoms with Crippen LogP contribution in [0.4, 0.5) is 0 Å². The molecule has 4 nitrogen and oxygen atoms in total. The molecule has 5 heteroatoms. The number of amides is 1. The third-order valence-corrected chi connectivity index (χ3v) is 5.23. The molecule has 0 aromatic heterocycles. The van der Waals surface area contributed by atoms with E-state index in [0.717, 1.165) is 44.4 Å². The van der Waals surface area contributed by atoms with Crippen LogP contribution in [0, 0.1) is 11.8 Å². The van der Waals surface area contributed by atoms with Gasteiger partial charge in [-0.25, -0.2) is 0 Å². The van der Waals surface area contributed by atoms with Crippen LogP contribution in [0.15, 0.2) is 0 Å². The quantitative estimate of drug-likeness (QED) is 0.768. The van der Waals surface area contributed by atoms with E-state index in [1.165, 1.54) is 12.8 Å². The Kier molecular flexibility index (Phi) is 3.28. The fourth-order valence-corrected chi connectivity index (χ4v) is 4.53. The van der Waals surface area contributed by atoms with Gasteiger partial charge in [0.05, 0.1) is 0 Å². The molecular weight excluding hydrogens is 252 g/mol. The number of rotatable bonds is 1. The Bertz CT molecular complexity index is 328. The molecule has 1 unspecified atom stereocenters. The number of carbonyl (C=O) groups is 1. The van der Waals surface area contributed by atoms with E-state index in [1.54, 1.807) is 0 Å². The second kappa shape index (κ2) is 4.66. The van der Waals surface area contributed by atoms with Crippen LogP contribution in [0.25, 0.3) is 0 Å². The number of halogens is 1. The molecule has 18 heavy (non-hydrogen) atoms. The van der Waals surface area contributed by atoms with Crippen molar-refractivity contribution in [1.29, 1.82) is 0 Å². The van der Waals surface area contributed by atoms with Gasteiger partial charge in [-0.3, -0.25) is 4.79 Å². The van der Waals surface area contributed by atoms with E-state index >= 15 is 0 Å². The molecule has 4 fully saturated rings. The van der Waals surface area contributed by atoms with Gasteiger partial charge in [-0.2, -0.15) is 0 Å². The van der Waals surface area contributed by atoms with E-state index in [2.05, 4.69) is 10.2 Å². The number of ether oxygens (including phenoxy) is 1. The lowest BCUT2D eigenvalue weighted by atomic mass is 9.82. The van der Waals surface area contributed by atoms with Gasteiger partial charge in [0.1, 0.15) is 6.10 Å². The van der Waals surface area contributed by atoms with Gasteiger partial charge < -0.3 is 15.0 Å². The van der Waals surface area contributed by atoms with Crippen LogP contribution < -0.4 is 5.32 Å². The minimum atomic E-state index is -0.120. The normalized spacial score (nSPS) is 45.1. The lowest BCUT2D eigenvalue weighted by Crippen LogP contribution is -2.44. The number of fused-ring (bicyclic) bond motifs is 5. The molecule has 0 aliphatic carbocycles. The molecule has 4 aliphatic rings. The highest BCUT2D eigenvalue weighted by Gasteiger charge is 2.57. The van der Waals surface area contributed by atoms with Crippen LogP contribution in [0.3, 0.4) is 0 Å². The fraction of sp³-hybridized carbons (Fsp3) is 0.923. The van der Waals surface area contributed by atoms with Gasteiger partial charge in [0.15, 0.2) is 0 Å². The van der Waals surface area contributed by atoms with E-state index in [-0.39, 0.29) is 18.5 Å². The van der Waals surface area contributed by atoms with E-state index in [9.17, 15) is 4.79 Å². The summed E-state index contributed by atoms with van der Waals surface area (Å²) in [5, 5.41) is 3.48. The zero-order valence-electron chi connectivity index (χ0n) is 10.5. The summed E-state index contributed by atoms with van der Waals surface area (Å²) in [4.78, 5) is 14.7. The highest BCUT2D eigenvalue weighted by Crippen LogP contribution is 2.47. The zero-order chi connectivity index (χ0) is 11.4. The van der Waals surface area contributed by atoms with E-state index < -0.39 is 0 Å². The smallest absolute Gasteiger partial charge is 0.252 e. The molecule has 0 radical (unpaired) electrons. The summed E-state index contributed by atoms with van der Waals surface area (Å²) >= 11 is 0. The largest absolute Gasteiger partial charge is 0.368 e. The standard InChI is InChI=1S/C13H20N2O2.ClH/c16-13(12-2-1-5-17-12)15-10-3-4-11(15)9-7-14-6-8(9)10;/h8-12,14H,1-7H2;1H/t8-,9+,10-,11+,12?;. The Hall–Kier alpha value is -0.320. The monoisotopic (exact) mass is 272 g/mol. The second-order valence-electron chi connectivity index (χ2n) is 5.95. The number of hydrogen-bond donors (Lipinski definition) is 1. The van der Waals surface area contributed by atoms with Crippen LogP contribution in [-0.4, -0.2) is 48.7 Å². The van der Waals surface area contributed by atoms with Gasteiger partial charge in [-0.15, -0.1) is 12.4 Å². The van der Waals surface area contributed by atoms with Gasteiger partial charge in [0, 0.05) is 31.8 Å². The molecule has 0 saturated carbocycles. The maximum Gasteiger partial charge on any atom is 0.252 e. The van der Waals surface area contributed by atoms with Crippen molar-refractivity contribution in [2.75, 3.05) is 19.7 Å². The number of hydrogen-bond acceptors (Lipinski definition) is 3. The first-order valence-corrected chi connectivity index (χ1v) is 7.01. The molecule has 1 amide bonds. The van der Waals surface area contributed by atoms with Crippen molar-refractivity contribution in [3.63, 3.8) is 0 Å². The molecule has 0 aromatic rings. The Morgan fingerprint density at radius 1 is 1.11 bits per heavy atom. The van der Waals surface area contributed by atoms with Gasteiger partial charge in [-0.05, 0) is 37.5 Å². The van der Waals surface area contributed by atoms with Crippen LogP contribution in [0.1, 0.15) is 25.7 Å². The van der Waals surface area contributed by atoms with Gasteiger partial charge in [-0.1, -0.05) is 0 Å². The van der Waals surface area contributed by atoms with Crippen molar-refractivity contribution >= 4 is 18.3 Å². The maximum atomic E-state index is 12.5. The van der Waals surface area contributed by atoms with E-state index in [0.29, 0.717) is 18.0 Å². The topological polar surface area (TPSA) is 41.6 Å². The zero-order valence-corrected chi connectivity index (χ0v) is 11.3. The Balaban J connectivity index is 0.000001000. The highest BCUT2D eigenvalue weighted by molar-refractivity contribution is 5.85. The van der Waals surface area contributed by atoms with Crippen molar-refractivity contribution in [2.45, 2.75) is 43.9 Å². The van der Waals surface area contributed by atoms with Crippen LogP contribution >= 0.6 is 12.4 Å². The summed E-state index contributed by atoms with van der Waals surface area (Å²) in [5.41, 5.74) is 0. The number of carbonyl (C=O) groups excluding carboxylic acids is 1. The molecule has 4 saturated heterocycles. The minimum absolute atomic E-state index is 0. The SMILES string of the molecule is Cl.O=C(C1CCCO1)N1[C@@H]2CC[C@H]1[C@H]1CNC[C@H]12. The number of nitrogens with one attached hydrogen (secondary N) is 1. The van der Waals surface area contributed by atoms with Gasteiger partial charge >= 0.3 is 0 Å². The molecule has 5 atom stereocenters. The molecule has 4 heterocycles. The summed E-state index contributed by atoms with van der Waals surface area (Å²) in [6, 6.07) is 1.02. The van der Waals surface area contributed by atoms with Crippen LogP contribution in [0.2, 0.25) is 0 Å².